The fraction of sp³-hybridized carbons (Fsp3) is 0.350. The van der Waals surface area contributed by atoms with Crippen molar-refractivity contribution in [1.29, 1.82) is 0 Å². The molecule has 0 unspecified atom stereocenters. The monoisotopic (exact) mass is 372 g/mol. The Kier molecular flexibility index (Phi) is 5.44. The second kappa shape index (κ2) is 7.60. The van der Waals surface area contributed by atoms with Gasteiger partial charge < -0.3 is 4.90 Å². The predicted octanol–water partition coefficient (Wildman–Crippen LogP) is 2.74. The van der Waals surface area contributed by atoms with E-state index in [1.54, 1.807) is 4.90 Å². The summed E-state index contributed by atoms with van der Waals surface area (Å²) in [5, 5.41) is 0. The third-order valence-electron chi connectivity index (χ3n) is 4.67. The molecule has 1 aliphatic rings. The van der Waals surface area contributed by atoms with Crippen LogP contribution in [0.15, 0.2) is 48.5 Å². The lowest BCUT2D eigenvalue weighted by Crippen LogP contribution is -2.44. The Morgan fingerprint density at radius 3 is 2.50 bits per heavy atom. The molecule has 3 rings (SSSR count). The van der Waals surface area contributed by atoms with Crippen molar-refractivity contribution in [3.05, 3.63) is 65.2 Å². The molecule has 0 aromatic heterocycles. The molecule has 26 heavy (non-hydrogen) atoms. The molecule has 0 bridgehead atoms. The largest absolute Gasteiger partial charge is 0.311 e. The van der Waals surface area contributed by atoms with Crippen LogP contribution in [0, 0.1) is 6.92 Å². The number of rotatable bonds is 5. The first-order valence-electron chi connectivity index (χ1n) is 8.73. The molecular formula is C20H24N2O3S. The molecular weight excluding hydrogens is 348 g/mol. The molecule has 2 aromatic carbocycles. The summed E-state index contributed by atoms with van der Waals surface area (Å²) in [5.41, 5.74) is 4.01. The van der Waals surface area contributed by atoms with Crippen LogP contribution in [0.1, 0.15) is 23.1 Å². The predicted molar refractivity (Wildman–Crippen MR) is 104 cm³/mol. The number of amides is 1. The first-order valence-corrected chi connectivity index (χ1v) is 10.6. The van der Waals surface area contributed by atoms with Gasteiger partial charge in [-0.1, -0.05) is 48.0 Å². The van der Waals surface area contributed by atoms with Crippen LogP contribution in [0.4, 0.5) is 5.69 Å². The molecule has 0 atom stereocenters. The van der Waals surface area contributed by atoms with Gasteiger partial charge in [0.15, 0.2) is 0 Å². The standard InChI is InChI=1S/C20H24N2O3S/c1-16-9-11-17(12-10-16)14-21(26(2,24)25)15-20(23)22-13-5-7-18-6-3-4-8-19(18)22/h3-4,6,8-12H,5,7,13-15H2,1-2H3. The molecule has 0 spiro atoms. The van der Waals surface area contributed by atoms with Crippen LogP contribution in [-0.2, 0) is 27.8 Å². The van der Waals surface area contributed by atoms with Gasteiger partial charge in [0, 0.05) is 18.8 Å². The summed E-state index contributed by atoms with van der Waals surface area (Å²) in [4.78, 5) is 14.6. The third-order valence-corrected chi connectivity index (χ3v) is 5.87. The molecule has 1 amide bonds. The smallest absolute Gasteiger partial charge is 0.242 e. The number of hydrogen-bond donors (Lipinski definition) is 0. The van der Waals surface area contributed by atoms with Gasteiger partial charge in [-0.2, -0.15) is 4.31 Å². The van der Waals surface area contributed by atoms with Gasteiger partial charge in [0.1, 0.15) is 0 Å². The fourth-order valence-corrected chi connectivity index (χ4v) is 3.94. The maximum atomic E-state index is 12.9. The van der Waals surface area contributed by atoms with Crippen molar-refractivity contribution in [2.75, 3.05) is 24.2 Å². The van der Waals surface area contributed by atoms with Gasteiger partial charge in [0.05, 0.1) is 12.8 Å². The molecule has 138 valence electrons. The Bertz CT molecular complexity index is 892. The fourth-order valence-electron chi connectivity index (χ4n) is 3.22. The summed E-state index contributed by atoms with van der Waals surface area (Å²) in [5.74, 6) is -0.185. The number of para-hydroxylation sites is 1. The van der Waals surface area contributed by atoms with Crippen molar-refractivity contribution in [1.82, 2.24) is 4.31 Å². The first-order chi connectivity index (χ1) is 12.3. The van der Waals surface area contributed by atoms with Gasteiger partial charge in [-0.25, -0.2) is 8.42 Å². The number of aryl methyl sites for hydroxylation is 2. The minimum atomic E-state index is -3.50. The minimum Gasteiger partial charge on any atom is -0.311 e. The van der Waals surface area contributed by atoms with Gasteiger partial charge in [-0.05, 0) is 37.0 Å². The highest BCUT2D eigenvalue weighted by Gasteiger charge is 2.27. The molecule has 1 aliphatic heterocycles. The second-order valence-corrected chi connectivity index (χ2v) is 8.78. The average molecular weight is 372 g/mol. The van der Waals surface area contributed by atoms with Gasteiger partial charge in [0.2, 0.25) is 15.9 Å². The van der Waals surface area contributed by atoms with E-state index in [9.17, 15) is 13.2 Å². The molecule has 2 aromatic rings. The number of fused-ring (bicyclic) bond motifs is 1. The minimum absolute atomic E-state index is 0.152. The number of benzene rings is 2. The molecule has 0 saturated heterocycles. The topological polar surface area (TPSA) is 57.7 Å². The van der Waals surface area contributed by atoms with Crippen molar-refractivity contribution in [3.63, 3.8) is 0 Å². The van der Waals surface area contributed by atoms with Crippen LogP contribution in [0.25, 0.3) is 0 Å². The zero-order valence-corrected chi connectivity index (χ0v) is 16.0. The lowest BCUT2D eigenvalue weighted by Gasteiger charge is -2.31. The van der Waals surface area contributed by atoms with Gasteiger partial charge in [-0.15, -0.1) is 0 Å². The molecule has 6 heteroatoms. The Labute approximate surface area is 155 Å². The van der Waals surface area contributed by atoms with E-state index in [1.807, 2.05) is 55.5 Å². The van der Waals surface area contributed by atoms with Crippen molar-refractivity contribution >= 4 is 21.6 Å². The zero-order chi connectivity index (χ0) is 18.7. The summed E-state index contributed by atoms with van der Waals surface area (Å²) in [6.45, 7) is 2.65. The highest BCUT2D eigenvalue weighted by atomic mass is 32.2. The quantitative estimate of drug-likeness (QED) is 0.811. The maximum Gasteiger partial charge on any atom is 0.242 e. The molecule has 1 heterocycles. The van der Waals surface area contributed by atoms with E-state index in [4.69, 9.17) is 0 Å². The van der Waals surface area contributed by atoms with Gasteiger partial charge in [0.25, 0.3) is 0 Å². The molecule has 0 fully saturated rings. The molecule has 0 radical (unpaired) electrons. The summed E-state index contributed by atoms with van der Waals surface area (Å²) in [6.07, 6.45) is 2.98. The van der Waals surface area contributed by atoms with Gasteiger partial charge >= 0.3 is 0 Å². The third kappa shape index (κ3) is 4.31. The van der Waals surface area contributed by atoms with Crippen LogP contribution in [-0.4, -0.2) is 38.0 Å². The lowest BCUT2D eigenvalue weighted by atomic mass is 10.0. The van der Waals surface area contributed by atoms with Crippen molar-refractivity contribution in [2.24, 2.45) is 0 Å². The van der Waals surface area contributed by atoms with Crippen molar-refractivity contribution in [3.8, 4) is 0 Å². The summed E-state index contributed by atoms with van der Waals surface area (Å²) < 4.78 is 25.7. The first kappa shape index (κ1) is 18.6. The number of hydrogen-bond acceptors (Lipinski definition) is 3. The number of nitrogens with zero attached hydrogens (tertiary/aromatic N) is 2. The van der Waals surface area contributed by atoms with E-state index < -0.39 is 10.0 Å². The van der Waals surface area contributed by atoms with Crippen LogP contribution in [0.2, 0.25) is 0 Å². The van der Waals surface area contributed by atoms with Crippen molar-refractivity contribution < 1.29 is 13.2 Å². The highest BCUT2D eigenvalue weighted by Crippen LogP contribution is 2.27. The van der Waals surface area contributed by atoms with E-state index in [1.165, 1.54) is 4.31 Å². The normalized spacial score (nSPS) is 14.3. The highest BCUT2D eigenvalue weighted by molar-refractivity contribution is 7.88. The van der Waals surface area contributed by atoms with Crippen LogP contribution in [0.5, 0.6) is 0 Å². The zero-order valence-electron chi connectivity index (χ0n) is 15.2. The molecule has 5 nitrogen and oxygen atoms in total. The second-order valence-electron chi connectivity index (χ2n) is 6.79. The van der Waals surface area contributed by atoms with E-state index in [2.05, 4.69) is 0 Å². The van der Waals surface area contributed by atoms with Crippen LogP contribution in [0.3, 0.4) is 0 Å². The van der Waals surface area contributed by atoms with Crippen LogP contribution < -0.4 is 4.90 Å². The Balaban J connectivity index is 1.79. The van der Waals surface area contributed by atoms with E-state index in [0.29, 0.717) is 6.54 Å². The summed E-state index contributed by atoms with van der Waals surface area (Å²) in [7, 11) is -3.50. The SMILES string of the molecule is Cc1ccc(CN(CC(=O)N2CCCc3ccccc32)S(C)(=O)=O)cc1. The number of carbonyl (C=O) groups excluding carboxylic acids is 1. The Morgan fingerprint density at radius 1 is 1.12 bits per heavy atom. The summed E-state index contributed by atoms with van der Waals surface area (Å²) in [6, 6.07) is 15.5. The summed E-state index contributed by atoms with van der Waals surface area (Å²) >= 11 is 0. The number of sulfonamides is 1. The average Bonchev–Trinajstić information content (AvgIpc) is 2.61. The van der Waals surface area contributed by atoms with Gasteiger partial charge in [-0.3, -0.25) is 4.79 Å². The number of carbonyl (C=O) groups is 1. The molecule has 0 aliphatic carbocycles. The maximum absolute atomic E-state index is 12.9. The van der Waals surface area contributed by atoms with E-state index in [-0.39, 0.29) is 19.0 Å². The van der Waals surface area contributed by atoms with E-state index in [0.717, 1.165) is 41.5 Å². The molecule has 0 N–H and O–H groups in total. The number of anilines is 1. The lowest BCUT2D eigenvalue weighted by molar-refractivity contribution is -0.119. The van der Waals surface area contributed by atoms with Crippen LogP contribution >= 0.6 is 0 Å². The molecule has 0 saturated carbocycles. The van der Waals surface area contributed by atoms with Crippen molar-refractivity contribution in [2.45, 2.75) is 26.3 Å². The Morgan fingerprint density at radius 2 is 1.81 bits per heavy atom. The Hall–Kier alpha value is -2.18. The van der Waals surface area contributed by atoms with E-state index >= 15 is 0 Å².